The summed E-state index contributed by atoms with van der Waals surface area (Å²) in [6.45, 7) is 8.06. The minimum Gasteiger partial charge on any atom is -1.00 e. The van der Waals surface area contributed by atoms with E-state index in [9.17, 15) is 0 Å². The van der Waals surface area contributed by atoms with Gasteiger partial charge in [0, 0.05) is 36.0 Å². The van der Waals surface area contributed by atoms with Gasteiger partial charge in [-0.05, 0) is 12.6 Å². The van der Waals surface area contributed by atoms with Gasteiger partial charge in [-0.2, -0.15) is 0 Å². The Morgan fingerprint density at radius 2 is 1.87 bits per heavy atom. The third-order valence-electron chi connectivity index (χ3n) is 1.85. The fourth-order valence-electron chi connectivity index (χ4n) is 1.11. The smallest absolute Gasteiger partial charge is 0.0935 e. The van der Waals surface area contributed by atoms with Crippen molar-refractivity contribution in [2.24, 2.45) is 0 Å². The Morgan fingerprint density at radius 3 is 2.27 bits per heavy atom. The van der Waals surface area contributed by atoms with E-state index in [2.05, 4.69) is 35.7 Å². The van der Waals surface area contributed by atoms with Crippen LogP contribution in [0.25, 0.3) is 0 Å². The van der Waals surface area contributed by atoms with Crippen LogP contribution in [0.15, 0.2) is 25.2 Å². The second kappa shape index (κ2) is 14.5. The van der Waals surface area contributed by atoms with E-state index in [4.69, 9.17) is 0 Å². The Kier molecular flexibility index (Phi) is 23.7. The van der Waals surface area contributed by atoms with Gasteiger partial charge in [0.25, 0.3) is 0 Å². The van der Waals surface area contributed by atoms with Crippen LogP contribution in [-0.2, 0) is 17.1 Å². The molecule has 1 heterocycles. The summed E-state index contributed by atoms with van der Waals surface area (Å²) in [5.41, 5.74) is 0. The largest absolute Gasteiger partial charge is 1.00 e. The molecule has 15 heavy (non-hydrogen) atoms. The number of nitrogens with zero attached hydrogens (tertiary/aromatic N) is 2. The second-order valence-electron chi connectivity index (χ2n) is 2.80. The quantitative estimate of drug-likeness (QED) is 0.475. The molecule has 6 heteroatoms. The maximum absolute atomic E-state index is 3.71. The first kappa shape index (κ1) is 24.6. The van der Waals surface area contributed by atoms with Crippen LogP contribution in [-0.4, -0.2) is 23.0 Å². The van der Waals surface area contributed by atoms with Crippen molar-refractivity contribution in [1.82, 2.24) is 9.80 Å². The Morgan fingerprint density at radius 1 is 1.27 bits per heavy atom. The van der Waals surface area contributed by atoms with Crippen LogP contribution in [0.2, 0.25) is 0 Å². The average molecular weight is 322 g/mol. The van der Waals surface area contributed by atoms with Gasteiger partial charge in [-0.25, -0.2) is 0 Å². The fraction of sp³-hybridized carbons (Fsp3) is 0.556. The molecule has 0 aromatic heterocycles. The molecule has 0 amide bonds. The van der Waals surface area contributed by atoms with Gasteiger partial charge in [0.1, 0.15) is 0 Å². The van der Waals surface area contributed by atoms with Crippen molar-refractivity contribution in [3.63, 3.8) is 0 Å². The van der Waals surface area contributed by atoms with Gasteiger partial charge in [-0.3, -0.25) is 0 Å². The molecule has 0 spiro atoms. The fourth-order valence-corrected chi connectivity index (χ4v) is 1.11. The van der Waals surface area contributed by atoms with Crippen LogP contribution < -0.4 is 37.2 Å². The predicted molar refractivity (Wildman–Crippen MR) is 47.7 cm³/mol. The van der Waals surface area contributed by atoms with Crippen LogP contribution in [0, 0.1) is 0 Å². The first-order valence-corrected chi connectivity index (χ1v) is 4.17. The molecule has 0 fully saturated rings. The molecular formula is C9H16Cl3CuN2-3. The first-order valence-electron chi connectivity index (χ1n) is 4.17. The number of unbranched alkanes of at least 4 members (excludes halogenated alkanes) is 1. The maximum Gasteiger partial charge on any atom is 0.0935 e. The van der Waals surface area contributed by atoms with Crippen LogP contribution >= 0.6 is 0 Å². The van der Waals surface area contributed by atoms with E-state index in [0.717, 1.165) is 13.2 Å². The molecule has 0 atom stereocenters. The number of rotatable bonds is 4. The molecule has 0 N–H and O–H groups in total. The summed E-state index contributed by atoms with van der Waals surface area (Å²) < 4.78 is 0. The summed E-state index contributed by atoms with van der Waals surface area (Å²) in [4.78, 5) is 4.38. The van der Waals surface area contributed by atoms with Crippen molar-refractivity contribution >= 4 is 0 Å². The van der Waals surface area contributed by atoms with E-state index in [1.807, 2.05) is 6.20 Å². The molecule has 0 saturated heterocycles. The van der Waals surface area contributed by atoms with Gasteiger partial charge >= 0.3 is 0 Å². The third-order valence-corrected chi connectivity index (χ3v) is 1.85. The predicted octanol–water partition coefficient (Wildman–Crippen LogP) is -7.01. The SMILES string of the molecule is C=CN1C=CN(CCCC)C1.[Cl-].[Cl-].[Cl-].[Cu]. The number of hydrogen-bond donors (Lipinski definition) is 0. The Hall–Kier alpha value is 0.469. The van der Waals surface area contributed by atoms with E-state index in [0.29, 0.717) is 0 Å². The molecule has 0 aromatic carbocycles. The normalized spacial score (nSPS) is 11.8. The van der Waals surface area contributed by atoms with Gasteiger partial charge in [-0.1, -0.05) is 19.9 Å². The van der Waals surface area contributed by atoms with E-state index in [1.54, 1.807) is 0 Å². The van der Waals surface area contributed by atoms with Crippen LogP contribution in [0.1, 0.15) is 19.8 Å². The molecule has 0 unspecified atom stereocenters. The van der Waals surface area contributed by atoms with Crippen LogP contribution in [0.4, 0.5) is 0 Å². The molecule has 2 nitrogen and oxygen atoms in total. The molecule has 97 valence electrons. The summed E-state index contributed by atoms with van der Waals surface area (Å²) in [5.74, 6) is 0. The Balaban J connectivity index is -0.000000151. The van der Waals surface area contributed by atoms with E-state index in [-0.39, 0.29) is 54.3 Å². The zero-order valence-electron chi connectivity index (χ0n) is 8.60. The van der Waals surface area contributed by atoms with Crippen molar-refractivity contribution in [2.75, 3.05) is 13.2 Å². The monoisotopic (exact) mass is 320 g/mol. The Labute approximate surface area is 122 Å². The van der Waals surface area contributed by atoms with Crippen molar-refractivity contribution in [3.05, 3.63) is 25.2 Å². The molecule has 1 aliphatic heterocycles. The summed E-state index contributed by atoms with van der Waals surface area (Å²) in [7, 11) is 0. The van der Waals surface area contributed by atoms with Crippen molar-refractivity contribution in [2.45, 2.75) is 19.8 Å². The minimum absolute atomic E-state index is 0. The van der Waals surface area contributed by atoms with E-state index in [1.165, 1.54) is 12.8 Å². The zero-order chi connectivity index (χ0) is 8.10. The van der Waals surface area contributed by atoms with Crippen LogP contribution in [0.3, 0.4) is 0 Å². The van der Waals surface area contributed by atoms with Gasteiger partial charge in [0.15, 0.2) is 0 Å². The molecule has 1 radical (unpaired) electrons. The topological polar surface area (TPSA) is 6.48 Å². The average Bonchev–Trinajstić information content (AvgIpc) is 2.48. The standard InChI is InChI=1S/C9H16N2.3ClH.Cu/c1-3-5-6-11-8-7-10(4-2)9-11;;;;/h4,7-8H,2-3,5-6,9H2,1H3;3*1H;/p-3. The molecule has 1 rings (SSSR count). The summed E-state index contributed by atoms with van der Waals surface area (Å²) in [5, 5.41) is 0. The minimum atomic E-state index is 0. The molecule has 0 aliphatic carbocycles. The van der Waals surface area contributed by atoms with Crippen molar-refractivity contribution in [1.29, 1.82) is 0 Å². The van der Waals surface area contributed by atoms with E-state index >= 15 is 0 Å². The zero-order valence-corrected chi connectivity index (χ0v) is 11.8. The third kappa shape index (κ3) is 9.40. The van der Waals surface area contributed by atoms with Gasteiger partial charge in [-0.15, -0.1) is 0 Å². The maximum atomic E-state index is 3.71. The van der Waals surface area contributed by atoms with Gasteiger partial charge in [0.2, 0.25) is 0 Å². The van der Waals surface area contributed by atoms with Crippen LogP contribution in [0.5, 0.6) is 0 Å². The Bertz CT molecular complexity index is 167. The number of hydrogen-bond acceptors (Lipinski definition) is 2. The van der Waals surface area contributed by atoms with Gasteiger partial charge < -0.3 is 47.0 Å². The molecular weight excluding hydrogens is 306 g/mol. The summed E-state index contributed by atoms with van der Waals surface area (Å²) in [6, 6.07) is 0. The molecule has 0 saturated carbocycles. The first-order chi connectivity index (χ1) is 5.36. The van der Waals surface area contributed by atoms with Crippen molar-refractivity contribution < 1.29 is 54.3 Å². The number of halogens is 3. The molecule has 0 aromatic rings. The summed E-state index contributed by atoms with van der Waals surface area (Å²) >= 11 is 0. The molecule has 0 bridgehead atoms. The summed E-state index contributed by atoms with van der Waals surface area (Å²) in [6.07, 6.45) is 8.57. The molecule has 1 aliphatic rings. The second-order valence-corrected chi connectivity index (χ2v) is 2.80. The van der Waals surface area contributed by atoms with Gasteiger partial charge in [0.05, 0.1) is 6.67 Å². The van der Waals surface area contributed by atoms with Crippen molar-refractivity contribution in [3.8, 4) is 0 Å². The van der Waals surface area contributed by atoms with E-state index < -0.39 is 0 Å².